The molecule has 106 valence electrons. The summed E-state index contributed by atoms with van der Waals surface area (Å²) in [5, 5.41) is 6.09. The van der Waals surface area contributed by atoms with Gasteiger partial charge in [-0.2, -0.15) is 0 Å². The molecule has 0 saturated heterocycles. The molecule has 1 rings (SSSR count). The number of nitrogens with one attached hydrogen (secondary N) is 2. The molecule has 0 bridgehead atoms. The van der Waals surface area contributed by atoms with Crippen LogP contribution in [0, 0.1) is 0 Å². The summed E-state index contributed by atoms with van der Waals surface area (Å²) in [5.74, 6) is 0.0328. The quantitative estimate of drug-likeness (QED) is 0.691. The summed E-state index contributed by atoms with van der Waals surface area (Å²) >= 11 is 0. The van der Waals surface area contributed by atoms with Crippen LogP contribution in [0.2, 0.25) is 0 Å². The van der Waals surface area contributed by atoms with E-state index in [-0.39, 0.29) is 5.91 Å². The highest BCUT2D eigenvalue weighted by Crippen LogP contribution is 2.09. The number of carbonyl (C=O) groups excluding carboxylic acids is 1. The minimum Gasteiger partial charge on any atom is -0.352 e. The Hall–Kier alpha value is -1.39. The highest BCUT2D eigenvalue weighted by molar-refractivity contribution is 5.95. The summed E-state index contributed by atoms with van der Waals surface area (Å²) in [6.45, 7) is 2.59. The van der Waals surface area contributed by atoms with Crippen molar-refractivity contribution in [2.24, 2.45) is 0 Å². The minimum atomic E-state index is 0.0328. The molecule has 0 saturated carbocycles. The van der Waals surface area contributed by atoms with E-state index in [2.05, 4.69) is 15.5 Å². The first-order valence-corrected chi connectivity index (χ1v) is 6.80. The van der Waals surface area contributed by atoms with Crippen LogP contribution in [0.15, 0.2) is 24.3 Å². The molecule has 1 aromatic carbocycles. The number of hydrogen-bond acceptors (Lipinski definition) is 3. The zero-order valence-corrected chi connectivity index (χ0v) is 12.2. The second-order valence-corrected chi connectivity index (χ2v) is 4.92. The molecule has 0 atom stereocenters. The molecule has 0 aromatic heterocycles. The van der Waals surface area contributed by atoms with Crippen LogP contribution in [0.5, 0.6) is 0 Å². The maximum absolute atomic E-state index is 12.1. The van der Waals surface area contributed by atoms with Crippen molar-refractivity contribution in [2.75, 3.05) is 40.8 Å². The first-order chi connectivity index (χ1) is 9.15. The molecule has 0 aliphatic heterocycles. The van der Waals surface area contributed by atoms with Gasteiger partial charge in [-0.1, -0.05) is 18.2 Å². The Labute approximate surface area is 116 Å². The Morgan fingerprint density at radius 1 is 1.21 bits per heavy atom. The van der Waals surface area contributed by atoms with E-state index in [1.807, 2.05) is 45.4 Å². The molecule has 0 fully saturated rings. The number of hydrogen-bond donors (Lipinski definition) is 2. The van der Waals surface area contributed by atoms with Gasteiger partial charge in [-0.25, -0.2) is 0 Å². The Balaban J connectivity index is 2.51. The lowest BCUT2D eigenvalue weighted by Crippen LogP contribution is -2.28. The van der Waals surface area contributed by atoms with E-state index in [4.69, 9.17) is 0 Å². The van der Waals surface area contributed by atoms with E-state index in [1.54, 1.807) is 0 Å². The maximum atomic E-state index is 12.1. The number of rotatable bonds is 8. The molecular weight excluding hydrogens is 238 g/mol. The van der Waals surface area contributed by atoms with E-state index < -0.39 is 0 Å². The fraction of sp³-hybridized carbons (Fsp3) is 0.533. The van der Waals surface area contributed by atoms with Gasteiger partial charge in [0.05, 0.1) is 0 Å². The summed E-state index contributed by atoms with van der Waals surface area (Å²) in [7, 11) is 5.99. The van der Waals surface area contributed by atoms with E-state index in [9.17, 15) is 4.79 Å². The molecule has 0 aliphatic rings. The topological polar surface area (TPSA) is 44.4 Å². The van der Waals surface area contributed by atoms with Gasteiger partial charge in [0.2, 0.25) is 0 Å². The van der Waals surface area contributed by atoms with Crippen molar-refractivity contribution in [1.82, 2.24) is 15.5 Å². The van der Waals surface area contributed by atoms with Crippen molar-refractivity contribution >= 4 is 5.91 Å². The summed E-state index contributed by atoms with van der Waals surface area (Å²) in [6, 6.07) is 7.81. The Kier molecular flexibility index (Phi) is 7.15. The van der Waals surface area contributed by atoms with Crippen molar-refractivity contribution in [2.45, 2.75) is 12.8 Å². The van der Waals surface area contributed by atoms with E-state index in [0.29, 0.717) is 0 Å². The summed E-state index contributed by atoms with van der Waals surface area (Å²) in [4.78, 5) is 14.2. The Morgan fingerprint density at radius 2 is 1.95 bits per heavy atom. The van der Waals surface area contributed by atoms with Gasteiger partial charge in [0.1, 0.15) is 0 Å². The Morgan fingerprint density at radius 3 is 2.63 bits per heavy atom. The molecule has 19 heavy (non-hydrogen) atoms. The summed E-state index contributed by atoms with van der Waals surface area (Å²) in [6.07, 6.45) is 1.84. The number of benzene rings is 1. The summed E-state index contributed by atoms with van der Waals surface area (Å²) < 4.78 is 0. The van der Waals surface area contributed by atoms with Gasteiger partial charge < -0.3 is 15.5 Å². The van der Waals surface area contributed by atoms with Crippen molar-refractivity contribution in [3.63, 3.8) is 0 Å². The highest BCUT2D eigenvalue weighted by Gasteiger charge is 2.09. The van der Waals surface area contributed by atoms with E-state index in [1.165, 1.54) is 0 Å². The fourth-order valence-electron chi connectivity index (χ4n) is 1.91. The second-order valence-electron chi connectivity index (χ2n) is 4.92. The van der Waals surface area contributed by atoms with Crippen LogP contribution in [0.25, 0.3) is 0 Å². The maximum Gasteiger partial charge on any atom is 0.251 e. The molecule has 0 spiro atoms. The zero-order valence-electron chi connectivity index (χ0n) is 12.2. The van der Waals surface area contributed by atoms with Crippen LogP contribution in [0.1, 0.15) is 22.3 Å². The normalized spacial score (nSPS) is 10.7. The molecule has 4 nitrogen and oxygen atoms in total. The average molecular weight is 263 g/mol. The third kappa shape index (κ3) is 5.85. The SMILES string of the molecule is CNCCc1ccccc1C(=O)NCCCN(C)C. The van der Waals surface area contributed by atoms with Gasteiger partial charge in [-0.05, 0) is 58.7 Å². The van der Waals surface area contributed by atoms with Gasteiger partial charge in [-0.15, -0.1) is 0 Å². The Bertz CT molecular complexity index is 391. The molecule has 1 aromatic rings. The van der Waals surface area contributed by atoms with Gasteiger partial charge in [0.15, 0.2) is 0 Å². The van der Waals surface area contributed by atoms with Crippen LogP contribution >= 0.6 is 0 Å². The first-order valence-electron chi connectivity index (χ1n) is 6.80. The third-order valence-corrected chi connectivity index (χ3v) is 2.97. The number of amides is 1. The lowest BCUT2D eigenvalue weighted by atomic mass is 10.0. The van der Waals surface area contributed by atoms with Crippen molar-refractivity contribution < 1.29 is 4.79 Å². The van der Waals surface area contributed by atoms with Crippen LogP contribution < -0.4 is 10.6 Å². The van der Waals surface area contributed by atoms with Crippen molar-refractivity contribution in [3.05, 3.63) is 35.4 Å². The lowest BCUT2D eigenvalue weighted by Gasteiger charge is -2.12. The van der Waals surface area contributed by atoms with E-state index >= 15 is 0 Å². The highest BCUT2D eigenvalue weighted by atomic mass is 16.1. The lowest BCUT2D eigenvalue weighted by molar-refractivity contribution is 0.0951. The molecule has 1 amide bonds. The minimum absolute atomic E-state index is 0.0328. The zero-order chi connectivity index (χ0) is 14.1. The predicted octanol–water partition coefficient (Wildman–Crippen LogP) is 1.13. The average Bonchev–Trinajstić information content (AvgIpc) is 2.41. The van der Waals surface area contributed by atoms with Crippen LogP contribution in [0.3, 0.4) is 0 Å². The van der Waals surface area contributed by atoms with Gasteiger partial charge in [-0.3, -0.25) is 4.79 Å². The van der Waals surface area contributed by atoms with Crippen LogP contribution in [0.4, 0.5) is 0 Å². The molecule has 0 radical (unpaired) electrons. The monoisotopic (exact) mass is 263 g/mol. The largest absolute Gasteiger partial charge is 0.352 e. The van der Waals surface area contributed by atoms with Crippen LogP contribution in [-0.2, 0) is 6.42 Å². The molecule has 4 heteroatoms. The number of nitrogens with zero attached hydrogens (tertiary/aromatic N) is 1. The van der Waals surface area contributed by atoms with Crippen molar-refractivity contribution in [3.8, 4) is 0 Å². The van der Waals surface area contributed by atoms with Gasteiger partial charge in [0.25, 0.3) is 5.91 Å². The molecule has 2 N–H and O–H groups in total. The molecular formula is C15H25N3O. The second kappa shape index (κ2) is 8.67. The predicted molar refractivity (Wildman–Crippen MR) is 79.6 cm³/mol. The molecule has 0 heterocycles. The summed E-state index contributed by atoms with van der Waals surface area (Å²) in [5.41, 5.74) is 1.89. The fourth-order valence-corrected chi connectivity index (χ4v) is 1.91. The van der Waals surface area contributed by atoms with Crippen molar-refractivity contribution in [1.29, 1.82) is 0 Å². The van der Waals surface area contributed by atoms with Gasteiger partial charge in [0, 0.05) is 12.1 Å². The third-order valence-electron chi connectivity index (χ3n) is 2.97. The number of carbonyl (C=O) groups is 1. The standard InChI is InChI=1S/C15H25N3O/c1-16-11-9-13-7-4-5-8-14(13)15(19)17-10-6-12-18(2)3/h4-5,7-8,16H,6,9-12H2,1-3H3,(H,17,19). The molecule has 0 aliphatic carbocycles. The number of likely N-dealkylation sites (N-methyl/N-ethyl adjacent to an activating group) is 1. The van der Waals surface area contributed by atoms with Crippen LogP contribution in [-0.4, -0.2) is 51.6 Å². The first kappa shape index (κ1) is 15.7. The van der Waals surface area contributed by atoms with E-state index in [0.717, 1.165) is 43.6 Å². The van der Waals surface area contributed by atoms with Gasteiger partial charge >= 0.3 is 0 Å². The molecule has 0 unspecified atom stereocenters. The smallest absolute Gasteiger partial charge is 0.251 e.